The van der Waals surface area contributed by atoms with Crippen LogP contribution in [0.3, 0.4) is 0 Å². The predicted molar refractivity (Wildman–Crippen MR) is 76.5 cm³/mol. The molecular formula is C15H25FN2. The van der Waals surface area contributed by atoms with Gasteiger partial charge < -0.3 is 10.2 Å². The van der Waals surface area contributed by atoms with Crippen LogP contribution in [0, 0.1) is 5.82 Å². The van der Waals surface area contributed by atoms with Crippen LogP contribution in [0.25, 0.3) is 0 Å². The zero-order valence-electron chi connectivity index (χ0n) is 12.1. The Morgan fingerprint density at radius 3 is 2.39 bits per heavy atom. The summed E-state index contributed by atoms with van der Waals surface area (Å²) >= 11 is 0. The summed E-state index contributed by atoms with van der Waals surface area (Å²) in [6.45, 7) is 12.3. The molecule has 0 aliphatic carbocycles. The lowest BCUT2D eigenvalue weighted by molar-refractivity contribution is 0.578. The Kier molecular flexibility index (Phi) is 5.60. The fourth-order valence-corrected chi connectivity index (χ4v) is 2.10. The summed E-state index contributed by atoms with van der Waals surface area (Å²) in [5, 5.41) is 3.35. The molecule has 0 bridgehead atoms. The number of hydrogen-bond acceptors (Lipinski definition) is 2. The Bertz CT molecular complexity index is 375. The van der Waals surface area contributed by atoms with Crippen molar-refractivity contribution in [2.75, 3.05) is 11.4 Å². The van der Waals surface area contributed by atoms with Crippen molar-refractivity contribution in [2.24, 2.45) is 0 Å². The van der Waals surface area contributed by atoms with Crippen molar-refractivity contribution in [3.05, 3.63) is 29.6 Å². The summed E-state index contributed by atoms with van der Waals surface area (Å²) in [6, 6.07) is 5.87. The molecule has 0 radical (unpaired) electrons. The smallest absolute Gasteiger partial charge is 0.123 e. The van der Waals surface area contributed by atoms with Gasteiger partial charge in [-0.2, -0.15) is 0 Å². The summed E-state index contributed by atoms with van der Waals surface area (Å²) in [7, 11) is 0. The summed E-state index contributed by atoms with van der Waals surface area (Å²) in [6.07, 6.45) is 0. The van der Waals surface area contributed by atoms with Crippen LogP contribution < -0.4 is 10.2 Å². The van der Waals surface area contributed by atoms with E-state index in [0.717, 1.165) is 17.8 Å². The van der Waals surface area contributed by atoms with E-state index in [0.29, 0.717) is 18.6 Å². The van der Waals surface area contributed by atoms with Gasteiger partial charge in [-0.1, -0.05) is 13.8 Å². The zero-order chi connectivity index (χ0) is 13.7. The lowest BCUT2D eigenvalue weighted by atomic mass is 10.1. The molecule has 0 aliphatic heterocycles. The van der Waals surface area contributed by atoms with Gasteiger partial charge in [-0.3, -0.25) is 0 Å². The predicted octanol–water partition coefficient (Wildman–Crippen LogP) is 3.56. The second kappa shape index (κ2) is 6.74. The SMILES string of the molecule is CCN(c1ccc(F)cc1CNC(C)C)C(C)C. The Morgan fingerprint density at radius 2 is 1.89 bits per heavy atom. The highest BCUT2D eigenvalue weighted by Gasteiger charge is 2.13. The number of anilines is 1. The number of nitrogens with zero attached hydrogens (tertiary/aromatic N) is 1. The van der Waals surface area contributed by atoms with Crippen LogP contribution in [-0.4, -0.2) is 18.6 Å². The molecule has 0 aliphatic rings. The first-order chi connectivity index (χ1) is 8.45. The third-order valence-electron chi connectivity index (χ3n) is 3.02. The highest BCUT2D eigenvalue weighted by molar-refractivity contribution is 5.54. The Hall–Kier alpha value is -1.09. The molecule has 0 heterocycles. The summed E-state index contributed by atoms with van der Waals surface area (Å²) < 4.78 is 13.4. The second-order valence-electron chi connectivity index (χ2n) is 5.19. The monoisotopic (exact) mass is 252 g/mol. The standard InChI is InChI=1S/C15H25FN2/c1-6-18(12(4)5)15-8-7-14(16)9-13(15)10-17-11(2)3/h7-9,11-12,17H,6,10H2,1-5H3. The summed E-state index contributed by atoms with van der Waals surface area (Å²) in [5.74, 6) is -0.167. The van der Waals surface area contributed by atoms with Crippen LogP contribution in [0.2, 0.25) is 0 Å². The average Bonchev–Trinajstić information content (AvgIpc) is 2.29. The lowest BCUT2D eigenvalue weighted by Gasteiger charge is -2.30. The molecule has 0 aromatic heterocycles. The van der Waals surface area contributed by atoms with E-state index in [1.807, 2.05) is 6.07 Å². The van der Waals surface area contributed by atoms with Crippen molar-refractivity contribution in [1.29, 1.82) is 0 Å². The van der Waals surface area contributed by atoms with Gasteiger partial charge in [0.1, 0.15) is 5.82 Å². The van der Waals surface area contributed by atoms with Gasteiger partial charge in [-0.05, 0) is 44.5 Å². The molecule has 1 aromatic carbocycles. The molecule has 3 heteroatoms. The normalized spacial score (nSPS) is 11.3. The van der Waals surface area contributed by atoms with Gasteiger partial charge in [0.25, 0.3) is 0 Å². The van der Waals surface area contributed by atoms with Crippen LogP contribution in [0.1, 0.15) is 40.2 Å². The molecule has 1 rings (SSSR count). The number of benzene rings is 1. The van der Waals surface area contributed by atoms with Gasteiger partial charge in [0, 0.05) is 30.9 Å². The zero-order valence-corrected chi connectivity index (χ0v) is 12.1. The molecule has 18 heavy (non-hydrogen) atoms. The molecular weight excluding hydrogens is 227 g/mol. The lowest BCUT2D eigenvalue weighted by Crippen LogP contribution is -2.32. The van der Waals surface area contributed by atoms with Gasteiger partial charge in [-0.25, -0.2) is 4.39 Å². The van der Waals surface area contributed by atoms with Gasteiger partial charge in [0.2, 0.25) is 0 Å². The molecule has 102 valence electrons. The minimum Gasteiger partial charge on any atom is -0.369 e. The third kappa shape index (κ3) is 3.98. The number of rotatable bonds is 6. The van der Waals surface area contributed by atoms with Crippen molar-refractivity contribution < 1.29 is 4.39 Å². The maximum atomic E-state index is 13.4. The first-order valence-corrected chi connectivity index (χ1v) is 6.74. The van der Waals surface area contributed by atoms with Crippen LogP contribution in [-0.2, 0) is 6.54 Å². The Morgan fingerprint density at radius 1 is 1.22 bits per heavy atom. The molecule has 0 atom stereocenters. The number of halogens is 1. The van der Waals surface area contributed by atoms with E-state index < -0.39 is 0 Å². The minimum atomic E-state index is -0.167. The molecule has 2 nitrogen and oxygen atoms in total. The van der Waals surface area contributed by atoms with Crippen molar-refractivity contribution >= 4 is 5.69 Å². The molecule has 0 saturated heterocycles. The summed E-state index contributed by atoms with van der Waals surface area (Å²) in [4.78, 5) is 2.29. The van der Waals surface area contributed by atoms with Crippen LogP contribution in [0.5, 0.6) is 0 Å². The van der Waals surface area contributed by atoms with E-state index in [-0.39, 0.29) is 5.82 Å². The van der Waals surface area contributed by atoms with Crippen LogP contribution in [0.4, 0.5) is 10.1 Å². The van der Waals surface area contributed by atoms with Crippen LogP contribution >= 0.6 is 0 Å². The molecule has 1 N–H and O–H groups in total. The molecule has 0 spiro atoms. The average molecular weight is 252 g/mol. The maximum absolute atomic E-state index is 13.4. The van der Waals surface area contributed by atoms with Gasteiger partial charge in [-0.15, -0.1) is 0 Å². The van der Waals surface area contributed by atoms with Crippen molar-refractivity contribution in [3.63, 3.8) is 0 Å². The second-order valence-corrected chi connectivity index (χ2v) is 5.19. The summed E-state index contributed by atoms with van der Waals surface area (Å²) in [5.41, 5.74) is 2.15. The van der Waals surface area contributed by atoms with E-state index in [2.05, 4.69) is 44.8 Å². The molecule has 1 aromatic rings. The van der Waals surface area contributed by atoms with Gasteiger partial charge in [0.15, 0.2) is 0 Å². The first-order valence-electron chi connectivity index (χ1n) is 6.74. The highest BCUT2D eigenvalue weighted by Crippen LogP contribution is 2.23. The molecule has 0 fully saturated rings. The molecule has 0 amide bonds. The first kappa shape index (κ1) is 15.0. The van der Waals surface area contributed by atoms with Crippen LogP contribution in [0.15, 0.2) is 18.2 Å². The molecule has 0 unspecified atom stereocenters. The Balaban J connectivity index is 3.01. The van der Waals surface area contributed by atoms with E-state index in [1.54, 1.807) is 12.1 Å². The largest absolute Gasteiger partial charge is 0.369 e. The molecule has 0 saturated carbocycles. The Labute approximate surface area is 110 Å². The van der Waals surface area contributed by atoms with E-state index in [9.17, 15) is 4.39 Å². The van der Waals surface area contributed by atoms with Crippen molar-refractivity contribution in [3.8, 4) is 0 Å². The van der Waals surface area contributed by atoms with E-state index in [1.165, 1.54) is 0 Å². The van der Waals surface area contributed by atoms with E-state index >= 15 is 0 Å². The maximum Gasteiger partial charge on any atom is 0.123 e. The highest BCUT2D eigenvalue weighted by atomic mass is 19.1. The van der Waals surface area contributed by atoms with E-state index in [4.69, 9.17) is 0 Å². The minimum absolute atomic E-state index is 0.167. The number of hydrogen-bond donors (Lipinski definition) is 1. The topological polar surface area (TPSA) is 15.3 Å². The van der Waals surface area contributed by atoms with Crippen molar-refractivity contribution in [1.82, 2.24) is 5.32 Å². The van der Waals surface area contributed by atoms with Gasteiger partial charge in [0.05, 0.1) is 0 Å². The number of nitrogens with one attached hydrogen (secondary N) is 1. The quantitative estimate of drug-likeness (QED) is 0.833. The van der Waals surface area contributed by atoms with Crippen molar-refractivity contribution in [2.45, 2.75) is 53.2 Å². The van der Waals surface area contributed by atoms with Gasteiger partial charge >= 0.3 is 0 Å². The fourth-order valence-electron chi connectivity index (χ4n) is 2.10. The third-order valence-corrected chi connectivity index (χ3v) is 3.02. The fraction of sp³-hybridized carbons (Fsp3) is 0.600.